The van der Waals surface area contributed by atoms with Crippen LogP contribution in [0.1, 0.15) is 35.3 Å². The van der Waals surface area contributed by atoms with Crippen molar-refractivity contribution in [2.24, 2.45) is 0 Å². The molecular weight excluding hydrogens is 280 g/mol. The second-order valence-electron chi connectivity index (χ2n) is 5.40. The van der Waals surface area contributed by atoms with Crippen LogP contribution in [-0.2, 0) is 4.74 Å². The van der Waals surface area contributed by atoms with E-state index in [1.807, 2.05) is 26.0 Å². The number of nitrogens with one attached hydrogen (secondary N) is 1. The maximum Gasteiger partial charge on any atom is 0.341 e. The molecule has 0 saturated carbocycles. The summed E-state index contributed by atoms with van der Waals surface area (Å²) >= 11 is 0. The molecule has 0 fully saturated rings. The normalized spacial score (nSPS) is 12.2. The molecule has 1 aromatic carbocycles. The highest BCUT2D eigenvalue weighted by molar-refractivity contribution is 6.05. The van der Waals surface area contributed by atoms with Gasteiger partial charge in [0.2, 0.25) is 0 Å². The highest BCUT2D eigenvalue weighted by Gasteiger charge is 2.18. The number of hydrogen-bond donors (Lipinski definition) is 2. The number of nitrogens with zero attached hydrogens (tertiary/aromatic N) is 1. The van der Waals surface area contributed by atoms with Crippen molar-refractivity contribution in [3.8, 4) is 0 Å². The van der Waals surface area contributed by atoms with Crippen molar-refractivity contribution >= 4 is 22.6 Å². The molecule has 2 rings (SSSR count). The first-order valence-corrected chi connectivity index (χ1v) is 7.43. The minimum Gasteiger partial charge on any atom is -0.462 e. The Morgan fingerprint density at radius 2 is 2.14 bits per heavy atom. The Hall–Kier alpha value is -2.14. The van der Waals surface area contributed by atoms with Gasteiger partial charge >= 0.3 is 5.97 Å². The summed E-state index contributed by atoms with van der Waals surface area (Å²) in [5, 5.41) is 13.5. The molecule has 0 amide bonds. The van der Waals surface area contributed by atoms with Gasteiger partial charge in [0, 0.05) is 18.1 Å². The largest absolute Gasteiger partial charge is 0.462 e. The SMILES string of the molecule is CCOC(=O)c1cnc2c(C)c(C)ccc2c1NCC(C)O. The van der Waals surface area contributed by atoms with Gasteiger partial charge in [-0.3, -0.25) is 4.98 Å². The van der Waals surface area contributed by atoms with Crippen LogP contribution in [0.25, 0.3) is 10.9 Å². The second kappa shape index (κ2) is 6.75. The topological polar surface area (TPSA) is 71.5 Å². The number of benzene rings is 1. The highest BCUT2D eigenvalue weighted by atomic mass is 16.5. The molecule has 22 heavy (non-hydrogen) atoms. The molecule has 0 aliphatic rings. The van der Waals surface area contributed by atoms with Gasteiger partial charge in [-0.15, -0.1) is 0 Å². The van der Waals surface area contributed by atoms with E-state index in [9.17, 15) is 9.90 Å². The third-order valence-electron chi connectivity index (χ3n) is 3.63. The van der Waals surface area contributed by atoms with Crippen LogP contribution in [0.5, 0.6) is 0 Å². The Labute approximate surface area is 130 Å². The molecule has 1 aromatic heterocycles. The van der Waals surface area contributed by atoms with Gasteiger partial charge in [0.05, 0.1) is 23.9 Å². The number of hydrogen-bond acceptors (Lipinski definition) is 5. The zero-order valence-corrected chi connectivity index (χ0v) is 13.4. The van der Waals surface area contributed by atoms with E-state index in [0.29, 0.717) is 24.4 Å². The zero-order chi connectivity index (χ0) is 16.3. The molecule has 2 N–H and O–H groups in total. The molecule has 0 bridgehead atoms. The first-order valence-electron chi connectivity index (χ1n) is 7.43. The summed E-state index contributed by atoms with van der Waals surface area (Å²) in [6.07, 6.45) is 1.02. The van der Waals surface area contributed by atoms with E-state index in [1.165, 1.54) is 6.20 Å². The summed E-state index contributed by atoms with van der Waals surface area (Å²) in [7, 11) is 0. The van der Waals surface area contributed by atoms with Crippen LogP contribution in [-0.4, -0.2) is 35.3 Å². The van der Waals surface area contributed by atoms with Gasteiger partial charge in [-0.2, -0.15) is 0 Å². The third kappa shape index (κ3) is 3.20. The maximum absolute atomic E-state index is 12.1. The van der Waals surface area contributed by atoms with Crippen molar-refractivity contribution < 1.29 is 14.6 Å². The molecule has 0 aliphatic carbocycles. The number of aromatic nitrogens is 1. The molecule has 118 valence electrons. The fraction of sp³-hybridized carbons (Fsp3) is 0.412. The fourth-order valence-corrected chi connectivity index (χ4v) is 2.31. The van der Waals surface area contributed by atoms with Gasteiger partial charge in [0.15, 0.2) is 0 Å². The lowest BCUT2D eigenvalue weighted by Gasteiger charge is -2.16. The Balaban J connectivity index is 2.61. The van der Waals surface area contributed by atoms with Crippen LogP contribution in [0.15, 0.2) is 18.3 Å². The summed E-state index contributed by atoms with van der Waals surface area (Å²) in [4.78, 5) is 16.6. The summed E-state index contributed by atoms with van der Waals surface area (Å²) in [5.41, 5.74) is 4.12. The average molecular weight is 302 g/mol. The standard InChI is InChI=1S/C17H22N2O3/c1-5-22-17(21)14-9-19-15-12(4)10(2)6-7-13(15)16(14)18-8-11(3)20/h6-7,9,11,20H,5,8H2,1-4H3,(H,18,19). The number of carbonyl (C=O) groups excluding carboxylic acids is 1. The second-order valence-corrected chi connectivity index (χ2v) is 5.40. The lowest BCUT2D eigenvalue weighted by Crippen LogP contribution is -2.18. The molecule has 0 saturated heterocycles. The van der Waals surface area contributed by atoms with Crippen molar-refractivity contribution in [1.29, 1.82) is 0 Å². The minimum absolute atomic E-state index is 0.305. The summed E-state index contributed by atoms with van der Waals surface area (Å²) in [6.45, 7) is 8.14. The van der Waals surface area contributed by atoms with Gasteiger partial charge in [0.25, 0.3) is 0 Å². The smallest absolute Gasteiger partial charge is 0.341 e. The lowest BCUT2D eigenvalue weighted by atomic mass is 10.0. The number of carbonyl (C=O) groups is 1. The lowest BCUT2D eigenvalue weighted by molar-refractivity contribution is 0.0527. The van der Waals surface area contributed by atoms with Crippen LogP contribution < -0.4 is 5.32 Å². The van der Waals surface area contributed by atoms with E-state index in [1.54, 1.807) is 13.8 Å². The van der Waals surface area contributed by atoms with Crippen molar-refractivity contribution in [1.82, 2.24) is 4.98 Å². The fourth-order valence-electron chi connectivity index (χ4n) is 2.31. The van der Waals surface area contributed by atoms with Gasteiger partial charge in [-0.1, -0.05) is 12.1 Å². The van der Waals surface area contributed by atoms with Crippen LogP contribution in [0.3, 0.4) is 0 Å². The Bertz CT molecular complexity index is 696. The zero-order valence-electron chi connectivity index (χ0n) is 13.4. The number of esters is 1. The van der Waals surface area contributed by atoms with E-state index >= 15 is 0 Å². The van der Waals surface area contributed by atoms with Crippen molar-refractivity contribution in [2.75, 3.05) is 18.5 Å². The molecule has 1 unspecified atom stereocenters. The Morgan fingerprint density at radius 3 is 2.77 bits per heavy atom. The van der Waals surface area contributed by atoms with Crippen molar-refractivity contribution in [3.05, 3.63) is 35.0 Å². The van der Waals surface area contributed by atoms with E-state index in [0.717, 1.165) is 22.0 Å². The molecule has 5 heteroatoms. The Morgan fingerprint density at radius 1 is 1.41 bits per heavy atom. The van der Waals surface area contributed by atoms with Gasteiger partial charge in [-0.05, 0) is 38.8 Å². The summed E-state index contributed by atoms with van der Waals surface area (Å²) in [6, 6.07) is 3.94. The van der Waals surface area contributed by atoms with Gasteiger partial charge in [-0.25, -0.2) is 4.79 Å². The molecule has 1 atom stereocenters. The highest BCUT2D eigenvalue weighted by Crippen LogP contribution is 2.29. The van der Waals surface area contributed by atoms with Crippen LogP contribution >= 0.6 is 0 Å². The number of aliphatic hydroxyl groups is 1. The van der Waals surface area contributed by atoms with Crippen molar-refractivity contribution in [3.63, 3.8) is 0 Å². The van der Waals surface area contributed by atoms with E-state index < -0.39 is 12.1 Å². The predicted octanol–water partition coefficient (Wildman–Crippen LogP) is 2.82. The van der Waals surface area contributed by atoms with Gasteiger partial charge in [0.1, 0.15) is 5.56 Å². The number of aryl methyl sites for hydroxylation is 2. The summed E-state index contributed by atoms with van der Waals surface area (Å²) < 4.78 is 5.10. The van der Waals surface area contributed by atoms with Gasteiger partial charge < -0.3 is 15.2 Å². The Kier molecular flexibility index (Phi) is 4.98. The van der Waals surface area contributed by atoms with E-state index in [-0.39, 0.29) is 0 Å². The quantitative estimate of drug-likeness (QED) is 0.831. The minimum atomic E-state index is -0.523. The molecular formula is C17H22N2O3. The monoisotopic (exact) mass is 302 g/mol. The number of rotatable bonds is 5. The average Bonchev–Trinajstić information content (AvgIpc) is 2.48. The number of anilines is 1. The third-order valence-corrected chi connectivity index (χ3v) is 3.63. The van der Waals surface area contributed by atoms with Crippen LogP contribution in [0.2, 0.25) is 0 Å². The molecule has 0 spiro atoms. The number of fused-ring (bicyclic) bond motifs is 1. The first kappa shape index (κ1) is 16.2. The van der Waals surface area contributed by atoms with E-state index in [2.05, 4.69) is 10.3 Å². The molecule has 2 aromatic rings. The molecule has 0 radical (unpaired) electrons. The molecule has 1 heterocycles. The first-order chi connectivity index (χ1) is 10.5. The van der Waals surface area contributed by atoms with Crippen molar-refractivity contribution in [2.45, 2.75) is 33.8 Å². The number of aliphatic hydroxyl groups excluding tert-OH is 1. The number of ether oxygens (including phenoxy) is 1. The van der Waals surface area contributed by atoms with Crippen LogP contribution in [0, 0.1) is 13.8 Å². The predicted molar refractivity (Wildman–Crippen MR) is 87.3 cm³/mol. The number of pyridine rings is 1. The summed E-state index contributed by atoms with van der Waals surface area (Å²) in [5.74, 6) is -0.414. The van der Waals surface area contributed by atoms with E-state index in [4.69, 9.17) is 4.74 Å². The maximum atomic E-state index is 12.1. The molecule has 0 aliphatic heterocycles. The van der Waals surface area contributed by atoms with Crippen LogP contribution in [0.4, 0.5) is 5.69 Å². The molecule has 5 nitrogen and oxygen atoms in total.